The third-order valence-electron chi connectivity index (χ3n) is 1.81. The first-order valence-electron chi connectivity index (χ1n) is 4.28. The molecule has 0 aromatic carbocycles. The van der Waals surface area contributed by atoms with Crippen molar-refractivity contribution in [3.05, 3.63) is 28.6 Å². The van der Waals surface area contributed by atoms with E-state index in [0.29, 0.717) is 5.82 Å². The Morgan fingerprint density at radius 1 is 1.53 bits per heavy atom. The van der Waals surface area contributed by atoms with E-state index in [1.165, 1.54) is 11.5 Å². The van der Waals surface area contributed by atoms with Gasteiger partial charge in [0.1, 0.15) is 5.82 Å². The minimum Gasteiger partial charge on any atom is -0.362 e. The van der Waals surface area contributed by atoms with Gasteiger partial charge in [-0.3, -0.25) is 0 Å². The zero-order valence-electron chi connectivity index (χ0n) is 7.88. The van der Waals surface area contributed by atoms with E-state index in [-0.39, 0.29) is 11.3 Å². The minimum absolute atomic E-state index is 0.0507. The molecular formula is C8H8ClN5S. The van der Waals surface area contributed by atoms with Crippen LogP contribution in [0.25, 0.3) is 0 Å². The van der Waals surface area contributed by atoms with Crippen molar-refractivity contribution in [3.8, 4) is 0 Å². The summed E-state index contributed by atoms with van der Waals surface area (Å²) in [7, 11) is 0. The van der Waals surface area contributed by atoms with E-state index < -0.39 is 0 Å². The van der Waals surface area contributed by atoms with E-state index in [1.807, 2.05) is 12.3 Å². The standard InChI is InChI=1S/C8H8ClN5S/c1-5(6-4-15-14-13-6)11-7-2-3-10-8(9)12-7/h2-5H,1H3,(H,10,11,12). The Morgan fingerprint density at radius 3 is 3.07 bits per heavy atom. The summed E-state index contributed by atoms with van der Waals surface area (Å²) in [6.07, 6.45) is 1.60. The highest BCUT2D eigenvalue weighted by Crippen LogP contribution is 2.16. The third-order valence-corrected chi connectivity index (χ3v) is 2.52. The molecule has 15 heavy (non-hydrogen) atoms. The van der Waals surface area contributed by atoms with Crippen LogP contribution in [0.4, 0.5) is 5.82 Å². The highest BCUT2D eigenvalue weighted by Gasteiger charge is 2.08. The second-order valence-corrected chi connectivity index (χ2v) is 3.85. The van der Waals surface area contributed by atoms with Crippen molar-refractivity contribution in [1.82, 2.24) is 19.6 Å². The summed E-state index contributed by atoms with van der Waals surface area (Å²) in [5.41, 5.74) is 0.884. The van der Waals surface area contributed by atoms with Crippen LogP contribution in [0.3, 0.4) is 0 Å². The lowest BCUT2D eigenvalue weighted by Gasteiger charge is -2.10. The van der Waals surface area contributed by atoms with Crippen molar-refractivity contribution in [2.45, 2.75) is 13.0 Å². The van der Waals surface area contributed by atoms with Crippen molar-refractivity contribution < 1.29 is 0 Å². The lowest BCUT2D eigenvalue weighted by atomic mass is 10.2. The van der Waals surface area contributed by atoms with Crippen LogP contribution in [0.2, 0.25) is 5.28 Å². The van der Waals surface area contributed by atoms with Gasteiger partial charge in [-0.1, -0.05) is 4.49 Å². The molecule has 0 bridgehead atoms. The fraction of sp³-hybridized carbons (Fsp3) is 0.250. The minimum atomic E-state index is 0.0507. The van der Waals surface area contributed by atoms with Crippen LogP contribution in [-0.4, -0.2) is 19.6 Å². The fourth-order valence-corrected chi connectivity index (χ4v) is 1.77. The zero-order valence-corrected chi connectivity index (χ0v) is 9.46. The fourth-order valence-electron chi connectivity index (χ4n) is 1.07. The number of nitrogens with zero attached hydrogens (tertiary/aromatic N) is 4. The van der Waals surface area contributed by atoms with Gasteiger partial charge in [-0.15, -0.1) is 5.10 Å². The summed E-state index contributed by atoms with van der Waals surface area (Å²) >= 11 is 6.99. The summed E-state index contributed by atoms with van der Waals surface area (Å²) in [5, 5.41) is 9.23. The van der Waals surface area contributed by atoms with E-state index in [4.69, 9.17) is 11.6 Å². The van der Waals surface area contributed by atoms with Crippen LogP contribution in [-0.2, 0) is 0 Å². The van der Waals surface area contributed by atoms with Crippen molar-refractivity contribution in [2.75, 3.05) is 5.32 Å². The van der Waals surface area contributed by atoms with Gasteiger partial charge in [-0.25, -0.2) is 9.97 Å². The van der Waals surface area contributed by atoms with Crippen molar-refractivity contribution in [3.63, 3.8) is 0 Å². The van der Waals surface area contributed by atoms with Gasteiger partial charge in [0.25, 0.3) is 0 Å². The predicted molar refractivity (Wildman–Crippen MR) is 59.0 cm³/mol. The Balaban J connectivity index is 2.09. The molecule has 2 aromatic rings. The summed E-state index contributed by atoms with van der Waals surface area (Å²) in [5.74, 6) is 0.676. The Kier molecular flexibility index (Phi) is 3.08. The molecule has 1 unspecified atom stereocenters. The first-order chi connectivity index (χ1) is 7.25. The predicted octanol–water partition coefficient (Wildman–Crippen LogP) is 2.15. The molecule has 0 aliphatic rings. The van der Waals surface area contributed by atoms with Crippen LogP contribution in [0, 0.1) is 0 Å². The van der Waals surface area contributed by atoms with Crippen molar-refractivity contribution >= 4 is 29.0 Å². The lowest BCUT2D eigenvalue weighted by molar-refractivity contribution is 0.819. The van der Waals surface area contributed by atoms with Crippen LogP contribution in [0.1, 0.15) is 18.7 Å². The third kappa shape index (κ3) is 2.60. The molecule has 2 heterocycles. The molecule has 0 spiro atoms. The summed E-state index contributed by atoms with van der Waals surface area (Å²) < 4.78 is 3.80. The maximum Gasteiger partial charge on any atom is 0.224 e. The SMILES string of the molecule is CC(Nc1ccnc(Cl)n1)c1csnn1. The van der Waals surface area contributed by atoms with Gasteiger partial charge in [0.05, 0.1) is 11.7 Å². The molecule has 0 radical (unpaired) electrons. The summed E-state index contributed by atoms with van der Waals surface area (Å²) in [6, 6.07) is 1.80. The van der Waals surface area contributed by atoms with Gasteiger partial charge in [-0.05, 0) is 36.1 Å². The molecule has 1 N–H and O–H groups in total. The maximum atomic E-state index is 5.67. The molecule has 7 heteroatoms. The molecular weight excluding hydrogens is 234 g/mol. The number of hydrogen-bond acceptors (Lipinski definition) is 6. The average molecular weight is 242 g/mol. The molecule has 1 atom stereocenters. The Bertz CT molecular complexity index is 432. The molecule has 0 amide bonds. The molecule has 0 aliphatic carbocycles. The van der Waals surface area contributed by atoms with Crippen LogP contribution in [0.15, 0.2) is 17.6 Å². The lowest BCUT2D eigenvalue weighted by Crippen LogP contribution is -2.08. The molecule has 2 aromatic heterocycles. The Labute approximate surface area is 95.7 Å². The van der Waals surface area contributed by atoms with E-state index >= 15 is 0 Å². The van der Waals surface area contributed by atoms with Crippen LogP contribution in [0.5, 0.6) is 0 Å². The largest absolute Gasteiger partial charge is 0.362 e. The van der Waals surface area contributed by atoms with Gasteiger partial charge >= 0.3 is 0 Å². The average Bonchev–Trinajstić information content (AvgIpc) is 2.70. The normalized spacial score (nSPS) is 12.4. The van der Waals surface area contributed by atoms with Gasteiger partial charge < -0.3 is 5.32 Å². The molecule has 0 saturated heterocycles. The van der Waals surface area contributed by atoms with Crippen molar-refractivity contribution in [1.29, 1.82) is 0 Å². The van der Waals surface area contributed by atoms with Crippen LogP contribution >= 0.6 is 23.1 Å². The summed E-state index contributed by atoms with van der Waals surface area (Å²) in [6.45, 7) is 1.98. The number of halogens is 1. The molecule has 0 saturated carbocycles. The zero-order chi connectivity index (χ0) is 10.7. The number of anilines is 1. The van der Waals surface area contributed by atoms with E-state index in [9.17, 15) is 0 Å². The molecule has 78 valence electrons. The molecule has 0 fully saturated rings. The number of nitrogens with one attached hydrogen (secondary N) is 1. The molecule has 5 nitrogen and oxygen atoms in total. The van der Waals surface area contributed by atoms with Crippen molar-refractivity contribution in [2.24, 2.45) is 0 Å². The smallest absolute Gasteiger partial charge is 0.224 e. The van der Waals surface area contributed by atoms with E-state index in [2.05, 4.69) is 24.9 Å². The molecule has 0 aliphatic heterocycles. The maximum absolute atomic E-state index is 5.67. The number of rotatable bonds is 3. The highest BCUT2D eigenvalue weighted by atomic mass is 35.5. The highest BCUT2D eigenvalue weighted by molar-refractivity contribution is 7.03. The van der Waals surface area contributed by atoms with Gasteiger partial charge in [-0.2, -0.15) is 0 Å². The van der Waals surface area contributed by atoms with E-state index in [0.717, 1.165) is 5.69 Å². The van der Waals surface area contributed by atoms with E-state index in [1.54, 1.807) is 12.3 Å². The topological polar surface area (TPSA) is 63.6 Å². The Hall–Kier alpha value is -1.27. The quantitative estimate of drug-likeness (QED) is 0.835. The summed E-state index contributed by atoms with van der Waals surface area (Å²) in [4.78, 5) is 7.82. The second-order valence-electron chi connectivity index (χ2n) is 2.91. The Morgan fingerprint density at radius 2 is 2.40 bits per heavy atom. The number of hydrogen-bond donors (Lipinski definition) is 1. The monoisotopic (exact) mass is 241 g/mol. The van der Waals surface area contributed by atoms with Crippen LogP contribution < -0.4 is 5.32 Å². The number of aromatic nitrogens is 4. The van der Waals surface area contributed by atoms with Gasteiger partial charge in [0.15, 0.2) is 0 Å². The van der Waals surface area contributed by atoms with Gasteiger partial charge in [0.2, 0.25) is 5.28 Å². The second kappa shape index (κ2) is 4.50. The first-order valence-corrected chi connectivity index (χ1v) is 5.49. The first kappa shape index (κ1) is 10.3. The van der Waals surface area contributed by atoms with Gasteiger partial charge in [0, 0.05) is 11.6 Å². The molecule has 2 rings (SSSR count).